The Morgan fingerprint density at radius 1 is 1.00 bits per heavy atom. The van der Waals surface area contributed by atoms with Crippen LogP contribution in [0.25, 0.3) is 0 Å². The van der Waals surface area contributed by atoms with E-state index in [2.05, 4.69) is 4.72 Å². The third-order valence-electron chi connectivity index (χ3n) is 5.46. The topological polar surface area (TPSA) is 69.7 Å². The van der Waals surface area contributed by atoms with E-state index in [0.717, 1.165) is 38.5 Å². The van der Waals surface area contributed by atoms with Crippen molar-refractivity contribution in [1.29, 1.82) is 0 Å². The number of amides is 1. The van der Waals surface area contributed by atoms with Gasteiger partial charge in [0.05, 0.1) is 0 Å². The average molecular weight is 343 g/mol. The fraction of sp³-hybridized carbons (Fsp3) is 0.938. The highest BCUT2D eigenvalue weighted by Gasteiger charge is 2.36. The molecule has 3 fully saturated rings. The van der Waals surface area contributed by atoms with Crippen molar-refractivity contribution in [1.82, 2.24) is 13.9 Å². The molecule has 23 heavy (non-hydrogen) atoms. The molecule has 2 heterocycles. The van der Waals surface area contributed by atoms with Crippen LogP contribution in [0, 0.1) is 5.92 Å². The molecule has 1 aliphatic carbocycles. The Balaban J connectivity index is 1.50. The normalized spacial score (nSPS) is 28.4. The minimum Gasteiger partial charge on any atom is -0.339 e. The molecule has 0 bridgehead atoms. The second kappa shape index (κ2) is 7.49. The first kappa shape index (κ1) is 17.2. The lowest BCUT2D eigenvalue weighted by Gasteiger charge is -2.24. The van der Waals surface area contributed by atoms with Crippen LogP contribution in [-0.4, -0.2) is 55.8 Å². The van der Waals surface area contributed by atoms with Crippen LogP contribution in [0.3, 0.4) is 0 Å². The van der Waals surface area contributed by atoms with E-state index in [0.29, 0.717) is 38.6 Å². The molecule has 2 saturated heterocycles. The second-order valence-corrected chi connectivity index (χ2v) is 8.98. The number of hydrogen-bond donors (Lipinski definition) is 1. The van der Waals surface area contributed by atoms with Gasteiger partial charge >= 0.3 is 0 Å². The summed E-state index contributed by atoms with van der Waals surface area (Å²) in [4.78, 5) is 14.2. The van der Waals surface area contributed by atoms with Gasteiger partial charge < -0.3 is 4.90 Å². The van der Waals surface area contributed by atoms with E-state index in [4.69, 9.17) is 0 Å². The first-order valence-corrected chi connectivity index (χ1v) is 10.5. The van der Waals surface area contributed by atoms with Crippen molar-refractivity contribution in [3.63, 3.8) is 0 Å². The minimum atomic E-state index is -3.39. The van der Waals surface area contributed by atoms with Crippen LogP contribution in [0.2, 0.25) is 0 Å². The van der Waals surface area contributed by atoms with Gasteiger partial charge in [0.2, 0.25) is 5.91 Å². The van der Waals surface area contributed by atoms with Crippen LogP contribution in [0.4, 0.5) is 0 Å². The average Bonchev–Trinajstić information content (AvgIpc) is 3.07. The van der Waals surface area contributed by atoms with Crippen LogP contribution in [0.1, 0.15) is 57.8 Å². The highest BCUT2D eigenvalue weighted by molar-refractivity contribution is 7.87. The maximum absolute atomic E-state index is 12.4. The lowest BCUT2D eigenvalue weighted by Crippen LogP contribution is -2.43. The summed E-state index contributed by atoms with van der Waals surface area (Å²) < 4.78 is 29.2. The summed E-state index contributed by atoms with van der Waals surface area (Å²) in [6.45, 7) is 2.33. The van der Waals surface area contributed by atoms with Gasteiger partial charge in [-0.15, -0.1) is 0 Å². The van der Waals surface area contributed by atoms with Crippen molar-refractivity contribution in [2.45, 2.75) is 63.8 Å². The van der Waals surface area contributed by atoms with E-state index in [1.807, 2.05) is 4.90 Å². The SMILES string of the molecule is O=C1CC(CNS(=O)(=O)N2CCCCCC2)CN1C1CCCC1. The molecular formula is C16H29N3O3S. The molecule has 3 aliphatic rings. The number of hydrogen-bond acceptors (Lipinski definition) is 3. The van der Waals surface area contributed by atoms with E-state index in [1.54, 1.807) is 4.31 Å². The van der Waals surface area contributed by atoms with E-state index < -0.39 is 10.2 Å². The van der Waals surface area contributed by atoms with E-state index in [9.17, 15) is 13.2 Å². The molecule has 0 spiro atoms. The van der Waals surface area contributed by atoms with Gasteiger partial charge in [0.25, 0.3) is 10.2 Å². The van der Waals surface area contributed by atoms with Crippen LogP contribution in [0.15, 0.2) is 0 Å². The Bertz CT molecular complexity index is 509. The third kappa shape index (κ3) is 4.25. The summed E-state index contributed by atoms with van der Waals surface area (Å²) in [5, 5.41) is 0. The summed E-state index contributed by atoms with van der Waals surface area (Å²) in [7, 11) is -3.39. The smallest absolute Gasteiger partial charge is 0.279 e. The molecule has 3 rings (SSSR count). The monoisotopic (exact) mass is 343 g/mol. The first-order chi connectivity index (χ1) is 11.1. The van der Waals surface area contributed by atoms with Gasteiger partial charge in [0.15, 0.2) is 0 Å². The maximum atomic E-state index is 12.4. The van der Waals surface area contributed by atoms with Crippen molar-refractivity contribution in [2.75, 3.05) is 26.2 Å². The summed E-state index contributed by atoms with van der Waals surface area (Å²) in [6, 6.07) is 0.398. The summed E-state index contributed by atoms with van der Waals surface area (Å²) in [5.74, 6) is 0.320. The highest BCUT2D eigenvalue weighted by atomic mass is 32.2. The van der Waals surface area contributed by atoms with Crippen molar-refractivity contribution in [3.8, 4) is 0 Å². The molecule has 1 unspecified atom stereocenters. The number of nitrogens with zero attached hydrogens (tertiary/aromatic N) is 2. The van der Waals surface area contributed by atoms with Crippen LogP contribution >= 0.6 is 0 Å². The molecule has 0 aromatic rings. The minimum absolute atomic E-state index is 0.116. The zero-order chi connectivity index (χ0) is 16.3. The number of carbonyl (C=O) groups is 1. The second-order valence-electron chi connectivity index (χ2n) is 7.22. The zero-order valence-corrected chi connectivity index (χ0v) is 14.7. The molecule has 0 aromatic heterocycles. The Labute approximate surface area is 139 Å². The fourth-order valence-electron chi connectivity index (χ4n) is 4.11. The van der Waals surface area contributed by atoms with Crippen molar-refractivity contribution < 1.29 is 13.2 Å². The number of rotatable bonds is 5. The van der Waals surface area contributed by atoms with E-state index >= 15 is 0 Å². The van der Waals surface area contributed by atoms with Crippen molar-refractivity contribution >= 4 is 16.1 Å². The Morgan fingerprint density at radius 2 is 1.65 bits per heavy atom. The standard InChI is InChI=1S/C16H29N3O3S/c20-16-11-14(13-19(16)15-7-3-4-8-15)12-17-23(21,22)18-9-5-1-2-6-10-18/h14-15,17H,1-13H2. The number of likely N-dealkylation sites (tertiary alicyclic amines) is 1. The van der Waals surface area contributed by atoms with Gasteiger partial charge in [0, 0.05) is 38.6 Å². The molecule has 132 valence electrons. The molecule has 7 heteroatoms. The zero-order valence-electron chi connectivity index (χ0n) is 13.9. The molecule has 1 saturated carbocycles. The highest BCUT2D eigenvalue weighted by Crippen LogP contribution is 2.29. The van der Waals surface area contributed by atoms with Crippen LogP contribution < -0.4 is 4.72 Å². The lowest BCUT2D eigenvalue weighted by atomic mass is 10.1. The molecule has 1 N–H and O–H groups in total. The van der Waals surface area contributed by atoms with Gasteiger partial charge in [-0.3, -0.25) is 4.79 Å². The largest absolute Gasteiger partial charge is 0.339 e. The first-order valence-electron chi connectivity index (χ1n) is 9.10. The quantitative estimate of drug-likeness (QED) is 0.822. The lowest BCUT2D eigenvalue weighted by molar-refractivity contribution is -0.129. The van der Waals surface area contributed by atoms with Gasteiger partial charge in [-0.1, -0.05) is 25.7 Å². The van der Waals surface area contributed by atoms with E-state index in [-0.39, 0.29) is 11.8 Å². The number of nitrogens with one attached hydrogen (secondary N) is 1. The van der Waals surface area contributed by atoms with Crippen LogP contribution in [0.5, 0.6) is 0 Å². The molecule has 6 nitrogen and oxygen atoms in total. The van der Waals surface area contributed by atoms with Crippen molar-refractivity contribution in [3.05, 3.63) is 0 Å². The molecular weight excluding hydrogens is 314 g/mol. The molecule has 0 radical (unpaired) electrons. The van der Waals surface area contributed by atoms with Gasteiger partial charge in [-0.25, -0.2) is 4.72 Å². The van der Waals surface area contributed by atoms with E-state index in [1.165, 1.54) is 12.8 Å². The predicted octanol–water partition coefficient (Wildman–Crippen LogP) is 1.49. The Kier molecular flexibility index (Phi) is 5.59. The summed E-state index contributed by atoms with van der Waals surface area (Å²) >= 11 is 0. The molecule has 1 atom stereocenters. The van der Waals surface area contributed by atoms with Gasteiger partial charge in [0.1, 0.15) is 0 Å². The maximum Gasteiger partial charge on any atom is 0.279 e. The summed E-state index contributed by atoms with van der Waals surface area (Å²) in [5.41, 5.74) is 0. The third-order valence-corrected chi connectivity index (χ3v) is 7.04. The Hall–Kier alpha value is -0.660. The molecule has 2 aliphatic heterocycles. The Morgan fingerprint density at radius 3 is 2.30 bits per heavy atom. The van der Waals surface area contributed by atoms with Gasteiger partial charge in [-0.05, 0) is 31.6 Å². The van der Waals surface area contributed by atoms with Crippen LogP contribution in [-0.2, 0) is 15.0 Å². The fourth-order valence-corrected chi connectivity index (χ4v) is 5.48. The molecule has 1 amide bonds. The van der Waals surface area contributed by atoms with Gasteiger partial charge in [-0.2, -0.15) is 12.7 Å². The molecule has 0 aromatic carbocycles. The summed E-state index contributed by atoms with van der Waals surface area (Å²) in [6.07, 6.45) is 9.23. The van der Waals surface area contributed by atoms with Crippen molar-refractivity contribution in [2.24, 2.45) is 5.92 Å². The number of carbonyl (C=O) groups excluding carboxylic acids is 1. The predicted molar refractivity (Wildman–Crippen MR) is 89.0 cm³/mol.